The second kappa shape index (κ2) is 10.9. The first-order valence-corrected chi connectivity index (χ1v) is 12.9. The summed E-state index contributed by atoms with van der Waals surface area (Å²) in [6.07, 6.45) is 1.79. The number of benzene rings is 2. The molecule has 4 rings (SSSR count). The van der Waals surface area contributed by atoms with Gasteiger partial charge in [0.1, 0.15) is 12.4 Å². The molecule has 0 unspecified atom stereocenters. The summed E-state index contributed by atoms with van der Waals surface area (Å²) in [5, 5.41) is 9.38. The van der Waals surface area contributed by atoms with Crippen molar-refractivity contribution in [2.45, 2.75) is 65.1 Å². The molecule has 1 N–H and O–H groups in total. The van der Waals surface area contributed by atoms with Gasteiger partial charge in [0.05, 0.1) is 25.8 Å². The molecule has 6 nitrogen and oxygen atoms in total. The summed E-state index contributed by atoms with van der Waals surface area (Å²) in [7, 11) is 3.08. The molecular weight excluding hydrogens is 504 g/mol. The van der Waals surface area contributed by atoms with Crippen LogP contribution in [0.4, 0.5) is 8.78 Å². The third-order valence-corrected chi connectivity index (χ3v) is 7.43. The Labute approximate surface area is 227 Å². The van der Waals surface area contributed by atoms with Gasteiger partial charge in [0.15, 0.2) is 11.6 Å². The Morgan fingerprint density at radius 3 is 2.51 bits per heavy atom. The van der Waals surface area contributed by atoms with Crippen molar-refractivity contribution < 1.29 is 32.9 Å². The average molecular weight is 540 g/mol. The number of rotatable bonds is 9. The third-order valence-electron chi connectivity index (χ3n) is 7.43. The smallest absolute Gasteiger partial charge is 0.304 e. The minimum atomic E-state index is -0.960. The highest BCUT2D eigenvalue weighted by molar-refractivity contribution is 5.70. The second-order valence-corrected chi connectivity index (χ2v) is 11.4. The van der Waals surface area contributed by atoms with Crippen molar-refractivity contribution in [3.63, 3.8) is 0 Å². The predicted octanol–water partition coefficient (Wildman–Crippen LogP) is 7.03. The van der Waals surface area contributed by atoms with E-state index in [1.165, 1.54) is 7.11 Å². The first-order chi connectivity index (χ1) is 18.4. The van der Waals surface area contributed by atoms with E-state index in [1.807, 2.05) is 32.9 Å². The minimum Gasteiger partial charge on any atom is -0.486 e. The lowest BCUT2D eigenvalue weighted by Crippen LogP contribution is -2.24. The van der Waals surface area contributed by atoms with Crippen LogP contribution in [-0.2, 0) is 28.0 Å². The monoisotopic (exact) mass is 539 g/mol. The Balaban J connectivity index is 1.71. The van der Waals surface area contributed by atoms with Gasteiger partial charge in [-0.3, -0.25) is 4.79 Å². The Morgan fingerprint density at radius 1 is 1.13 bits per heavy atom. The molecule has 1 aliphatic carbocycles. The number of fused-ring (bicyclic) bond motifs is 1. The Bertz CT molecular complexity index is 1380. The highest BCUT2D eigenvalue weighted by Gasteiger charge is 2.40. The van der Waals surface area contributed by atoms with E-state index in [9.17, 15) is 14.3 Å². The summed E-state index contributed by atoms with van der Waals surface area (Å²) in [6.45, 7) is 7.94. The topological polar surface area (TPSA) is 77.9 Å². The summed E-state index contributed by atoms with van der Waals surface area (Å²) in [4.78, 5) is 15.4. The lowest BCUT2D eigenvalue weighted by molar-refractivity contribution is -0.138. The van der Waals surface area contributed by atoms with E-state index in [2.05, 4.69) is 4.98 Å². The molecule has 0 radical (unpaired) electrons. The number of methoxy groups -OCH3 is 2. The average Bonchev–Trinajstić information content (AvgIpc) is 3.20. The highest BCUT2D eigenvalue weighted by Crippen LogP contribution is 2.45. The van der Waals surface area contributed by atoms with E-state index in [0.717, 1.165) is 22.9 Å². The van der Waals surface area contributed by atoms with Gasteiger partial charge in [0.2, 0.25) is 5.88 Å². The predicted molar refractivity (Wildman–Crippen MR) is 144 cm³/mol. The van der Waals surface area contributed by atoms with Crippen LogP contribution in [0.15, 0.2) is 42.6 Å². The number of carboxylic acids is 1. The van der Waals surface area contributed by atoms with Gasteiger partial charge >= 0.3 is 5.97 Å². The highest BCUT2D eigenvalue weighted by atomic mass is 19.1. The number of aromatic nitrogens is 1. The van der Waals surface area contributed by atoms with E-state index in [1.54, 1.807) is 38.3 Å². The summed E-state index contributed by atoms with van der Waals surface area (Å²) in [5.74, 6) is -1.60. The van der Waals surface area contributed by atoms with E-state index in [4.69, 9.17) is 14.2 Å². The number of nitrogens with zero attached hydrogens (tertiary/aromatic N) is 1. The van der Waals surface area contributed by atoms with Gasteiger partial charge in [-0.15, -0.1) is 0 Å². The molecule has 2 aromatic carbocycles. The van der Waals surface area contributed by atoms with Crippen LogP contribution in [-0.4, -0.2) is 30.3 Å². The molecule has 0 spiro atoms. The van der Waals surface area contributed by atoms with E-state index < -0.39 is 23.0 Å². The van der Waals surface area contributed by atoms with Crippen molar-refractivity contribution in [2.24, 2.45) is 5.41 Å². The van der Waals surface area contributed by atoms with Gasteiger partial charge in [-0.2, -0.15) is 0 Å². The number of pyridine rings is 1. The zero-order valence-electron chi connectivity index (χ0n) is 23.2. The van der Waals surface area contributed by atoms with Crippen molar-refractivity contribution in [1.82, 2.24) is 4.98 Å². The van der Waals surface area contributed by atoms with Gasteiger partial charge in [-0.25, -0.2) is 13.8 Å². The van der Waals surface area contributed by atoms with Crippen molar-refractivity contribution in [2.75, 3.05) is 14.2 Å². The zero-order valence-corrected chi connectivity index (χ0v) is 23.2. The number of carbonyl (C=O) groups is 1. The summed E-state index contributed by atoms with van der Waals surface area (Å²) in [6, 6.07) is 10.5. The van der Waals surface area contributed by atoms with Gasteiger partial charge in [0, 0.05) is 29.7 Å². The molecular formula is C31H35F2NO5. The number of halogens is 2. The molecule has 208 valence electrons. The van der Waals surface area contributed by atoms with Crippen LogP contribution >= 0.6 is 0 Å². The van der Waals surface area contributed by atoms with Gasteiger partial charge in [-0.05, 0) is 52.6 Å². The molecule has 0 fully saturated rings. The van der Waals surface area contributed by atoms with Crippen molar-refractivity contribution in [3.8, 4) is 22.8 Å². The van der Waals surface area contributed by atoms with Gasteiger partial charge in [-0.1, -0.05) is 45.9 Å². The van der Waals surface area contributed by atoms with Crippen molar-refractivity contribution >= 4 is 5.97 Å². The van der Waals surface area contributed by atoms with E-state index >= 15 is 4.39 Å². The van der Waals surface area contributed by atoms with Gasteiger partial charge in [0.25, 0.3) is 0 Å². The molecule has 0 amide bonds. The zero-order chi connectivity index (χ0) is 28.5. The number of aryl methyl sites for hydroxylation is 1. The quantitative estimate of drug-likeness (QED) is 0.315. The van der Waals surface area contributed by atoms with E-state index in [-0.39, 0.29) is 36.2 Å². The van der Waals surface area contributed by atoms with Crippen LogP contribution in [0.3, 0.4) is 0 Å². The standard InChI is InChI=1S/C31H35F2NO5/c1-30(2,3)29(38-6)22-13-18(7-9-20(22)21-14-25(37-5)34-16-23(21)32)17-39-24-10-8-19-11-12-31(4,15-26(35)36)27(19)28(24)33/h7-10,13-14,16,29H,11-12,15,17H2,1-6H3,(H,35,36)/t29-,31+/m0/s1. The van der Waals surface area contributed by atoms with Crippen molar-refractivity contribution in [1.29, 1.82) is 0 Å². The Morgan fingerprint density at radius 2 is 1.87 bits per heavy atom. The molecule has 8 heteroatoms. The lowest BCUT2D eigenvalue weighted by atomic mass is 9.80. The fourth-order valence-electron chi connectivity index (χ4n) is 5.63. The lowest BCUT2D eigenvalue weighted by Gasteiger charge is -2.32. The fourth-order valence-corrected chi connectivity index (χ4v) is 5.63. The van der Waals surface area contributed by atoms with Crippen LogP contribution in [0.25, 0.3) is 11.1 Å². The summed E-state index contributed by atoms with van der Waals surface area (Å²) in [5.41, 5.74) is 2.59. The summed E-state index contributed by atoms with van der Waals surface area (Å²) < 4.78 is 47.6. The fraction of sp³-hybridized carbons (Fsp3) is 0.419. The largest absolute Gasteiger partial charge is 0.486 e. The first kappa shape index (κ1) is 28.5. The Hall–Kier alpha value is -3.52. The Kier molecular flexibility index (Phi) is 7.98. The first-order valence-electron chi connectivity index (χ1n) is 12.9. The maximum absolute atomic E-state index is 15.6. The number of aliphatic carboxylic acids is 1. The maximum atomic E-state index is 15.6. The number of hydrogen-bond acceptors (Lipinski definition) is 5. The minimum absolute atomic E-state index is 0.0569. The molecule has 0 bridgehead atoms. The van der Waals surface area contributed by atoms with Crippen LogP contribution in [0, 0.1) is 17.0 Å². The number of carboxylic acid groups (broad SMARTS) is 1. The molecule has 0 saturated heterocycles. The molecule has 0 aliphatic heterocycles. The van der Waals surface area contributed by atoms with Crippen LogP contribution < -0.4 is 9.47 Å². The van der Waals surface area contributed by atoms with Crippen LogP contribution in [0.5, 0.6) is 11.6 Å². The number of ether oxygens (including phenoxy) is 3. The molecule has 0 saturated carbocycles. The van der Waals surface area contributed by atoms with E-state index in [0.29, 0.717) is 29.5 Å². The number of hydrogen-bond donors (Lipinski definition) is 1. The molecule has 1 aliphatic rings. The molecule has 39 heavy (non-hydrogen) atoms. The molecule has 1 heterocycles. The van der Waals surface area contributed by atoms with Crippen molar-refractivity contribution in [3.05, 3.63) is 76.5 Å². The maximum Gasteiger partial charge on any atom is 0.304 e. The van der Waals surface area contributed by atoms with Crippen LogP contribution in [0.2, 0.25) is 0 Å². The molecule has 1 aromatic heterocycles. The normalized spacial score (nSPS) is 17.5. The second-order valence-electron chi connectivity index (χ2n) is 11.4. The van der Waals surface area contributed by atoms with Crippen LogP contribution in [0.1, 0.15) is 68.9 Å². The molecule has 3 aromatic rings. The molecule has 2 atom stereocenters. The third kappa shape index (κ3) is 5.76. The van der Waals surface area contributed by atoms with Gasteiger partial charge < -0.3 is 19.3 Å². The SMILES string of the molecule is COc1cc(-c2ccc(COc3ccc4c(c3F)[C@@](C)(CC(=O)O)CC4)cc2[C@H](OC)C(C)(C)C)c(F)cn1. The summed E-state index contributed by atoms with van der Waals surface area (Å²) >= 11 is 0.